The predicted molar refractivity (Wildman–Crippen MR) is 109 cm³/mol. The second-order valence-corrected chi connectivity index (χ2v) is 7.46. The van der Waals surface area contributed by atoms with Crippen LogP contribution in [-0.4, -0.2) is 39.0 Å². The number of nitrogens with one attached hydrogen (secondary N) is 1. The highest BCUT2D eigenvalue weighted by Crippen LogP contribution is 2.22. The molecule has 0 saturated carbocycles. The molecule has 0 spiro atoms. The minimum Gasteiger partial charge on any atom is -0.352 e. The second kappa shape index (κ2) is 8.96. The van der Waals surface area contributed by atoms with Gasteiger partial charge in [0.1, 0.15) is 0 Å². The van der Waals surface area contributed by atoms with Crippen molar-refractivity contribution < 1.29 is 9.32 Å². The van der Waals surface area contributed by atoms with E-state index in [0.29, 0.717) is 24.8 Å². The molecule has 1 amide bonds. The number of hydrogen-bond donors (Lipinski definition) is 1. The fourth-order valence-corrected chi connectivity index (χ4v) is 3.63. The Kier molecular flexibility index (Phi) is 5.95. The molecule has 1 fully saturated rings. The van der Waals surface area contributed by atoms with Gasteiger partial charge < -0.3 is 9.84 Å². The van der Waals surface area contributed by atoms with Gasteiger partial charge in [0, 0.05) is 30.4 Å². The van der Waals surface area contributed by atoms with Crippen LogP contribution in [0.1, 0.15) is 29.9 Å². The van der Waals surface area contributed by atoms with Gasteiger partial charge in [-0.3, -0.25) is 14.7 Å². The number of aromatic nitrogens is 3. The molecule has 3 heterocycles. The van der Waals surface area contributed by atoms with Gasteiger partial charge in [0.15, 0.2) is 0 Å². The lowest BCUT2D eigenvalue weighted by Gasteiger charge is -2.30. The van der Waals surface area contributed by atoms with Gasteiger partial charge in [-0.1, -0.05) is 35.5 Å². The summed E-state index contributed by atoms with van der Waals surface area (Å²) in [4.78, 5) is 23.3. The summed E-state index contributed by atoms with van der Waals surface area (Å²) < 4.78 is 5.45. The highest BCUT2D eigenvalue weighted by Gasteiger charge is 2.26. The average molecular weight is 391 g/mol. The van der Waals surface area contributed by atoms with E-state index in [1.54, 1.807) is 12.4 Å². The topological polar surface area (TPSA) is 84.2 Å². The predicted octanol–water partition coefficient (Wildman–Crippen LogP) is 2.97. The molecular weight excluding hydrogens is 366 g/mol. The van der Waals surface area contributed by atoms with Crippen molar-refractivity contribution >= 4 is 5.91 Å². The molecule has 0 bridgehead atoms. The standard InChI is InChI=1S/C22H25N5O2/c1-16-5-2-3-7-19(16)21-25-20(29-26-21)15-27-11-8-18(9-12-27)22(28)24-14-17-6-4-10-23-13-17/h2-7,10,13,18H,8-9,11-12,14-15H2,1H3,(H,24,28). The summed E-state index contributed by atoms with van der Waals surface area (Å²) in [6.07, 6.45) is 5.17. The first kappa shape index (κ1) is 19.3. The van der Waals surface area contributed by atoms with Crippen molar-refractivity contribution in [2.24, 2.45) is 5.92 Å². The number of carbonyl (C=O) groups excluding carboxylic acids is 1. The van der Waals surface area contributed by atoms with Crippen LogP contribution >= 0.6 is 0 Å². The Balaban J connectivity index is 1.26. The first-order chi connectivity index (χ1) is 14.2. The number of pyridine rings is 1. The van der Waals surface area contributed by atoms with Gasteiger partial charge in [0.2, 0.25) is 17.6 Å². The third-order valence-corrected chi connectivity index (χ3v) is 5.36. The number of piperidine rings is 1. The van der Waals surface area contributed by atoms with Gasteiger partial charge in [-0.2, -0.15) is 4.98 Å². The van der Waals surface area contributed by atoms with Crippen molar-refractivity contribution in [2.75, 3.05) is 13.1 Å². The number of amides is 1. The fourth-order valence-electron chi connectivity index (χ4n) is 3.63. The van der Waals surface area contributed by atoms with Gasteiger partial charge in [-0.25, -0.2) is 0 Å². The molecule has 1 N–H and O–H groups in total. The largest absolute Gasteiger partial charge is 0.352 e. The van der Waals surface area contributed by atoms with E-state index in [1.807, 2.05) is 43.3 Å². The molecule has 0 atom stereocenters. The van der Waals surface area contributed by atoms with E-state index in [9.17, 15) is 4.79 Å². The number of nitrogens with zero attached hydrogens (tertiary/aromatic N) is 4. The summed E-state index contributed by atoms with van der Waals surface area (Å²) in [6.45, 7) is 4.86. The van der Waals surface area contributed by atoms with Crippen molar-refractivity contribution in [1.29, 1.82) is 0 Å². The zero-order valence-electron chi connectivity index (χ0n) is 16.5. The summed E-state index contributed by atoms with van der Waals surface area (Å²) in [6, 6.07) is 11.8. The molecule has 1 aliphatic heterocycles. The lowest BCUT2D eigenvalue weighted by atomic mass is 9.96. The maximum atomic E-state index is 12.4. The SMILES string of the molecule is Cc1ccccc1-c1noc(CN2CCC(C(=O)NCc3cccnc3)CC2)n1. The number of aryl methyl sites for hydroxylation is 1. The smallest absolute Gasteiger partial charge is 0.241 e. The summed E-state index contributed by atoms with van der Waals surface area (Å²) in [7, 11) is 0. The van der Waals surface area contributed by atoms with E-state index in [-0.39, 0.29) is 11.8 Å². The maximum Gasteiger partial charge on any atom is 0.241 e. The Morgan fingerprint density at radius 2 is 2.03 bits per heavy atom. The highest BCUT2D eigenvalue weighted by atomic mass is 16.5. The third kappa shape index (κ3) is 4.86. The Morgan fingerprint density at radius 3 is 2.79 bits per heavy atom. The number of rotatable bonds is 6. The quantitative estimate of drug-likeness (QED) is 0.695. The van der Waals surface area contributed by atoms with E-state index in [1.165, 1.54) is 0 Å². The molecule has 1 aliphatic rings. The Labute approximate surface area is 170 Å². The van der Waals surface area contributed by atoms with Crippen molar-refractivity contribution in [1.82, 2.24) is 25.3 Å². The van der Waals surface area contributed by atoms with E-state index in [4.69, 9.17) is 4.52 Å². The van der Waals surface area contributed by atoms with E-state index in [2.05, 4.69) is 25.3 Å². The molecule has 0 radical (unpaired) electrons. The van der Waals surface area contributed by atoms with Gasteiger partial charge in [-0.15, -0.1) is 0 Å². The molecule has 1 saturated heterocycles. The summed E-state index contributed by atoms with van der Waals surface area (Å²) in [5.74, 6) is 1.41. The fraction of sp³-hybridized carbons (Fsp3) is 0.364. The molecular formula is C22H25N5O2. The van der Waals surface area contributed by atoms with Gasteiger partial charge in [0.25, 0.3) is 0 Å². The van der Waals surface area contributed by atoms with Crippen LogP contribution in [0.2, 0.25) is 0 Å². The lowest BCUT2D eigenvalue weighted by molar-refractivity contribution is -0.126. The third-order valence-electron chi connectivity index (χ3n) is 5.36. The highest BCUT2D eigenvalue weighted by molar-refractivity contribution is 5.78. The average Bonchev–Trinajstić information content (AvgIpc) is 3.22. The van der Waals surface area contributed by atoms with Crippen LogP contribution < -0.4 is 5.32 Å². The van der Waals surface area contributed by atoms with Crippen molar-refractivity contribution in [3.05, 3.63) is 65.8 Å². The molecule has 0 aliphatic carbocycles. The number of likely N-dealkylation sites (tertiary alicyclic amines) is 1. The zero-order valence-corrected chi connectivity index (χ0v) is 16.5. The number of carbonyl (C=O) groups is 1. The van der Waals surface area contributed by atoms with Crippen molar-refractivity contribution in [3.8, 4) is 11.4 Å². The normalized spacial score (nSPS) is 15.3. The molecule has 0 unspecified atom stereocenters. The second-order valence-electron chi connectivity index (χ2n) is 7.46. The van der Waals surface area contributed by atoms with Crippen LogP contribution in [-0.2, 0) is 17.9 Å². The summed E-state index contributed by atoms with van der Waals surface area (Å²) in [5.41, 5.74) is 3.13. The monoisotopic (exact) mass is 391 g/mol. The van der Waals surface area contributed by atoms with Crippen molar-refractivity contribution in [3.63, 3.8) is 0 Å². The zero-order chi connectivity index (χ0) is 20.1. The Hall–Kier alpha value is -3.06. The van der Waals surface area contributed by atoms with E-state index in [0.717, 1.165) is 42.6 Å². The first-order valence-electron chi connectivity index (χ1n) is 9.96. The molecule has 7 heteroatoms. The van der Waals surface area contributed by atoms with Crippen LogP contribution in [0.5, 0.6) is 0 Å². The summed E-state index contributed by atoms with van der Waals surface area (Å²) in [5, 5.41) is 7.15. The molecule has 2 aromatic heterocycles. The van der Waals surface area contributed by atoms with Crippen LogP contribution in [0.15, 0.2) is 53.3 Å². The van der Waals surface area contributed by atoms with Gasteiger partial charge in [-0.05, 0) is 50.0 Å². The number of benzene rings is 1. The first-order valence-corrected chi connectivity index (χ1v) is 9.96. The van der Waals surface area contributed by atoms with E-state index < -0.39 is 0 Å². The minimum atomic E-state index is 0.0492. The molecule has 3 aromatic rings. The molecule has 7 nitrogen and oxygen atoms in total. The maximum absolute atomic E-state index is 12.4. The van der Waals surface area contributed by atoms with Crippen LogP contribution in [0, 0.1) is 12.8 Å². The molecule has 150 valence electrons. The van der Waals surface area contributed by atoms with Gasteiger partial charge >= 0.3 is 0 Å². The van der Waals surface area contributed by atoms with Crippen LogP contribution in [0.3, 0.4) is 0 Å². The number of hydrogen-bond acceptors (Lipinski definition) is 6. The van der Waals surface area contributed by atoms with Crippen LogP contribution in [0.4, 0.5) is 0 Å². The Morgan fingerprint density at radius 1 is 1.21 bits per heavy atom. The summed E-state index contributed by atoms with van der Waals surface area (Å²) >= 11 is 0. The van der Waals surface area contributed by atoms with Gasteiger partial charge in [0.05, 0.1) is 6.54 Å². The lowest BCUT2D eigenvalue weighted by Crippen LogP contribution is -2.40. The molecule has 29 heavy (non-hydrogen) atoms. The molecule has 1 aromatic carbocycles. The van der Waals surface area contributed by atoms with Crippen molar-refractivity contribution in [2.45, 2.75) is 32.9 Å². The minimum absolute atomic E-state index is 0.0492. The van der Waals surface area contributed by atoms with E-state index >= 15 is 0 Å². The van der Waals surface area contributed by atoms with Crippen LogP contribution in [0.25, 0.3) is 11.4 Å². The Bertz CT molecular complexity index is 949. The molecule has 4 rings (SSSR count).